The maximum absolute atomic E-state index is 13.0. The van der Waals surface area contributed by atoms with Crippen molar-refractivity contribution in [1.29, 1.82) is 0 Å². The van der Waals surface area contributed by atoms with Gasteiger partial charge in [0.1, 0.15) is 30.8 Å². The zero-order valence-corrected chi connectivity index (χ0v) is 32.7. The molecular weight excluding hydrogens is 741 g/mol. The van der Waals surface area contributed by atoms with E-state index in [1.54, 1.807) is 42.3 Å². The molecule has 13 nitrogen and oxygen atoms in total. The first-order chi connectivity index (χ1) is 28.1. The Balaban J connectivity index is 0.883. The number of nitrogens with one attached hydrogen (secondary N) is 2. The number of carbonyl (C=O) groups is 5. The van der Waals surface area contributed by atoms with E-state index in [4.69, 9.17) is 14.2 Å². The molecule has 1 unspecified atom stereocenters. The summed E-state index contributed by atoms with van der Waals surface area (Å²) in [6.45, 7) is 3.59. The van der Waals surface area contributed by atoms with Crippen molar-refractivity contribution in [3.05, 3.63) is 130 Å². The molecule has 0 radical (unpaired) electrons. The highest BCUT2D eigenvalue weighted by Crippen LogP contribution is 2.36. The number of hydrogen-bond acceptors (Lipinski definition) is 9. The maximum atomic E-state index is 13.0. The Hall–Kier alpha value is -6.31. The van der Waals surface area contributed by atoms with Crippen LogP contribution in [-0.2, 0) is 30.4 Å². The van der Waals surface area contributed by atoms with E-state index in [0.717, 1.165) is 28.7 Å². The molecule has 4 aromatic carbocycles. The van der Waals surface area contributed by atoms with Gasteiger partial charge in [0, 0.05) is 37.7 Å². The first-order valence-corrected chi connectivity index (χ1v) is 19.4. The summed E-state index contributed by atoms with van der Waals surface area (Å²) < 4.78 is 17.0. The van der Waals surface area contributed by atoms with E-state index in [0.29, 0.717) is 35.6 Å². The van der Waals surface area contributed by atoms with E-state index in [2.05, 4.69) is 29.7 Å². The van der Waals surface area contributed by atoms with E-state index in [1.807, 2.05) is 54.6 Å². The van der Waals surface area contributed by atoms with Crippen LogP contribution in [0.25, 0.3) is 11.1 Å². The number of imide groups is 1. The third-order valence-electron chi connectivity index (χ3n) is 10.2. The predicted molar refractivity (Wildman–Crippen MR) is 217 cm³/mol. The lowest BCUT2D eigenvalue weighted by Crippen LogP contribution is -2.52. The number of amides is 5. The van der Waals surface area contributed by atoms with Gasteiger partial charge >= 0.3 is 0 Å². The number of aromatic hydroxyl groups is 1. The van der Waals surface area contributed by atoms with Crippen LogP contribution >= 0.6 is 0 Å². The van der Waals surface area contributed by atoms with Crippen LogP contribution in [-0.4, -0.2) is 104 Å². The van der Waals surface area contributed by atoms with E-state index < -0.39 is 11.9 Å². The number of phenols is 1. The van der Waals surface area contributed by atoms with Gasteiger partial charge in [-0.1, -0.05) is 67.6 Å². The van der Waals surface area contributed by atoms with Crippen molar-refractivity contribution in [3.8, 4) is 11.5 Å². The molecule has 0 bridgehead atoms. The summed E-state index contributed by atoms with van der Waals surface area (Å²) in [5.74, 6) is -0.899. The van der Waals surface area contributed by atoms with Crippen LogP contribution < -0.4 is 15.4 Å². The van der Waals surface area contributed by atoms with Crippen LogP contribution in [0.3, 0.4) is 0 Å². The fourth-order valence-corrected chi connectivity index (χ4v) is 7.07. The summed E-state index contributed by atoms with van der Waals surface area (Å²) in [4.78, 5) is 65.6. The van der Waals surface area contributed by atoms with Gasteiger partial charge < -0.3 is 34.4 Å². The molecule has 0 aliphatic carbocycles. The number of allylic oxidation sites excluding steroid dienone is 1. The second-order valence-electron chi connectivity index (χ2n) is 14.0. The van der Waals surface area contributed by atoms with Gasteiger partial charge in [0.25, 0.3) is 11.8 Å². The van der Waals surface area contributed by atoms with Crippen LogP contribution in [0, 0.1) is 0 Å². The molecule has 2 aliphatic heterocycles. The van der Waals surface area contributed by atoms with Crippen molar-refractivity contribution in [2.24, 2.45) is 0 Å². The van der Waals surface area contributed by atoms with Gasteiger partial charge in [-0.2, -0.15) is 0 Å². The highest BCUT2D eigenvalue weighted by molar-refractivity contribution is 6.08. The van der Waals surface area contributed by atoms with Crippen LogP contribution in [0.2, 0.25) is 0 Å². The minimum Gasteiger partial charge on any atom is -0.508 e. The SMILES string of the molecule is CC/C(=C(\c1ccc(O)cc1)c1ccc(OCCN(C)C(=O)COCCOCCNC(=O)c2cccc3c2CN(C2CCC(=O)NC2=O)C3=O)cc1)c1ccccc1. The Morgan fingerprint density at radius 2 is 1.55 bits per heavy atom. The highest BCUT2D eigenvalue weighted by atomic mass is 16.5. The number of nitrogens with zero attached hydrogens (tertiary/aromatic N) is 2. The Labute approximate surface area is 337 Å². The zero-order chi connectivity index (χ0) is 41.0. The fraction of sp³-hybridized carbons (Fsp3) is 0.311. The Kier molecular flexibility index (Phi) is 14.0. The third-order valence-corrected chi connectivity index (χ3v) is 10.2. The standard InChI is InChI=1S/C45H48N4O9/c1-3-35(30-8-5-4-6-9-30)42(31-12-16-33(50)17-13-31)32-14-18-34(19-15-32)58-25-23-48(2)41(52)29-57-27-26-56-24-22-46-43(53)36-10-7-11-37-38(36)28-49(45(37)55)39-20-21-40(51)47-44(39)54/h4-19,39,50H,3,20-29H2,1-2H3,(H,46,53)(H,47,51,54)/b42-35-. The zero-order valence-electron chi connectivity index (χ0n) is 32.7. The summed E-state index contributed by atoms with van der Waals surface area (Å²) in [6, 6.07) is 29.5. The lowest BCUT2D eigenvalue weighted by atomic mass is 9.88. The summed E-state index contributed by atoms with van der Waals surface area (Å²) in [6.07, 6.45) is 1.20. The van der Waals surface area contributed by atoms with Gasteiger partial charge in [-0.3, -0.25) is 29.3 Å². The van der Waals surface area contributed by atoms with E-state index in [1.165, 1.54) is 10.5 Å². The minimum atomic E-state index is -0.764. The quantitative estimate of drug-likeness (QED) is 0.0729. The molecule has 58 heavy (non-hydrogen) atoms. The van der Waals surface area contributed by atoms with E-state index in [9.17, 15) is 29.1 Å². The van der Waals surface area contributed by atoms with Crippen molar-refractivity contribution in [2.45, 2.75) is 38.8 Å². The van der Waals surface area contributed by atoms with Crippen LogP contribution in [0.4, 0.5) is 0 Å². The van der Waals surface area contributed by atoms with Gasteiger partial charge in [0.15, 0.2) is 0 Å². The first kappa shape index (κ1) is 41.3. The Bertz CT molecular complexity index is 2140. The van der Waals surface area contributed by atoms with E-state index >= 15 is 0 Å². The van der Waals surface area contributed by atoms with E-state index in [-0.39, 0.29) is 81.7 Å². The molecule has 6 rings (SSSR count). The molecule has 1 fully saturated rings. The maximum Gasteiger partial charge on any atom is 0.255 e. The molecule has 5 amide bonds. The highest BCUT2D eigenvalue weighted by Gasteiger charge is 2.40. The van der Waals surface area contributed by atoms with Gasteiger partial charge in [0.05, 0.1) is 26.4 Å². The van der Waals surface area contributed by atoms with Crippen molar-refractivity contribution in [2.75, 3.05) is 53.2 Å². The topological polar surface area (TPSA) is 164 Å². The predicted octanol–water partition coefficient (Wildman–Crippen LogP) is 4.82. The summed E-state index contributed by atoms with van der Waals surface area (Å²) in [7, 11) is 1.69. The monoisotopic (exact) mass is 788 g/mol. The molecule has 2 aliphatic rings. The second-order valence-corrected chi connectivity index (χ2v) is 14.0. The smallest absolute Gasteiger partial charge is 0.255 e. The number of likely N-dealkylation sites (N-methyl/N-ethyl adjacent to an activating group) is 1. The number of rotatable bonds is 18. The van der Waals surface area contributed by atoms with Gasteiger partial charge in [0.2, 0.25) is 17.7 Å². The number of phenolic OH excluding ortho intramolecular Hbond substituents is 1. The number of fused-ring (bicyclic) bond motifs is 1. The molecule has 3 N–H and O–H groups in total. The van der Waals surface area contributed by atoms with Crippen LogP contribution in [0.5, 0.6) is 11.5 Å². The largest absolute Gasteiger partial charge is 0.508 e. The number of hydrogen-bond donors (Lipinski definition) is 3. The molecule has 0 saturated carbocycles. The first-order valence-electron chi connectivity index (χ1n) is 19.4. The summed E-state index contributed by atoms with van der Waals surface area (Å²) >= 11 is 0. The summed E-state index contributed by atoms with van der Waals surface area (Å²) in [5.41, 5.74) is 6.67. The van der Waals surface area contributed by atoms with Gasteiger partial charge in [-0.15, -0.1) is 0 Å². The van der Waals surface area contributed by atoms with Crippen molar-refractivity contribution in [1.82, 2.24) is 20.4 Å². The molecule has 302 valence electrons. The molecule has 1 saturated heterocycles. The molecule has 13 heteroatoms. The number of carbonyl (C=O) groups excluding carboxylic acids is 5. The lowest BCUT2D eigenvalue weighted by Gasteiger charge is -2.29. The molecule has 4 aromatic rings. The average Bonchev–Trinajstić information content (AvgIpc) is 3.57. The molecule has 0 aromatic heterocycles. The number of benzene rings is 4. The minimum absolute atomic E-state index is 0.102. The molecule has 0 spiro atoms. The third kappa shape index (κ3) is 10.2. The summed E-state index contributed by atoms with van der Waals surface area (Å²) in [5, 5.41) is 15.0. The average molecular weight is 789 g/mol. The van der Waals surface area contributed by atoms with Crippen LogP contribution in [0.15, 0.2) is 97.1 Å². The fourth-order valence-electron chi connectivity index (χ4n) is 7.07. The second kappa shape index (κ2) is 19.7. The Morgan fingerprint density at radius 1 is 0.845 bits per heavy atom. The van der Waals surface area contributed by atoms with Crippen molar-refractivity contribution >= 4 is 40.7 Å². The molecule has 1 atom stereocenters. The van der Waals surface area contributed by atoms with Gasteiger partial charge in [-0.25, -0.2) is 0 Å². The molecular formula is C45H48N4O9. The van der Waals surface area contributed by atoms with Crippen molar-refractivity contribution < 1.29 is 43.3 Å². The Morgan fingerprint density at radius 3 is 2.26 bits per heavy atom. The molecule has 2 heterocycles. The lowest BCUT2D eigenvalue weighted by molar-refractivity contribution is -0.137. The van der Waals surface area contributed by atoms with Gasteiger partial charge in [-0.05, 0) is 82.6 Å². The van der Waals surface area contributed by atoms with Crippen molar-refractivity contribution in [3.63, 3.8) is 0 Å². The van der Waals surface area contributed by atoms with Crippen LogP contribution in [0.1, 0.15) is 69.2 Å². The number of ether oxygens (including phenoxy) is 3. The number of piperidine rings is 1. The normalized spacial score (nSPS) is 15.4.